The summed E-state index contributed by atoms with van der Waals surface area (Å²) in [5.41, 5.74) is 0. The van der Waals surface area contributed by atoms with Gasteiger partial charge in [-0.05, 0) is 17.9 Å². The molecule has 1 heteroatoms. The standard InChI is InChI=1S/C11H17S/c1-2-3-4-5-6-8-11-9-7-10-12-11/h7-10H,2-6H2,1H3. The van der Waals surface area contributed by atoms with E-state index in [1.54, 1.807) is 0 Å². The van der Waals surface area contributed by atoms with Gasteiger partial charge in [0.1, 0.15) is 0 Å². The van der Waals surface area contributed by atoms with Crippen LogP contribution < -0.4 is 0 Å². The molecule has 1 aromatic rings. The van der Waals surface area contributed by atoms with Crippen LogP contribution in [-0.4, -0.2) is 0 Å². The lowest BCUT2D eigenvalue weighted by Crippen LogP contribution is -1.78. The molecule has 67 valence electrons. The SMILES string of the molecule is CCCCCC[CH]c1cccs1. The van der Waals surface area contributed by atoms with Crippen LogP contribution in [0.4, 0.5) is 0 Å². The third kappa shape index (κ3) is 3.91. The minimum absolute atomic E-state index is 1.25. The third-order valence-electron chi connectivity index (χ3n) is 1.95. The van der Waals surface area contributed by atoms with Crippen molar-refractivity contribution in [3.63, 3.8) is 0 Å². The van der Waals surface area contributed by atoms with Gasteiger partial charge in [-0.3, -0.25) is 0 Å². The molecule has 0 spiro atoms. The highest BCUT2D eigenvalue weighted by Crippen LogP contribution is 2.15. The minimum atomic E-state index is 1.25. The zero-order chi connectivity index (χ0) is 8.65. The van der Waals surface area contributed by atoms with E-state index in [0.29, 0.717) is 0 Å². The van der Waals surface area contributed by atoms with Crippen LogP contribution in [0.5, 0.6) is 0 Å². The largest absolute Gasteiger partial charge is 0.149 e. The molecule has 1 radical (unpaired) electrons. The number of hydrogen-bond donors (Lipinski definition) is 0. The van der Waals surface area contributed by atoms with Crippen LogP contribution >= 0.6 is 11.3 Å². The van der Waals surface area contributed by atoms with Crippen LogP contribution in [0.3, 0.4) is 0 Å². The van der Waals surface area contributed by atoms with Gasteiger partial charge in [0.2, 0.25) is 0 Å². The van der Waals surface area contributed by atoms with Crippen LogP contribution in [0, 0.1) is 6.42 Å². The molecule has 0 aliphatic rings. The van der Waals surface area contributed by atoms with Crippen molar-refractivity contribution in [1.82, 2.24) is 0 Å². The summed E-state index contributed by atoms with van der Waals surface area (Å²) in [6.07, 6.45) is 9.06. The molecule has 0 unspecified atom stereocenters. The molecule has 0 amide bonds. The molecule has 0 N–H and O–H groups in total. The first-order chi connectivity index (χ1) is 5.93. The second-order valence-electron chi connectivity index (χ2n) is 3.07. The number of rotatable bonds is 6. The average Bonchev–Trinajstić information content (AvgIpc) is 2.57. The highest BCUT2D eigenvalue weighted by Gasteiger charge is 1.93. The second kappa shape index (κ2) is 6.24. The molecule has 1 rings (SSSR count). The molecular formula is C11H17S. The predicted octanol–water partition coefficient (Wildman–Crippen LogP) is 4.27. The van der Waals surface area contributed by atoms with Crippen molar-refractivity contribution in [3.05, 3.63) is 28.8 Å². The third-order valence-corrected chi connectivity index (χ3v) is 2.81. The second-order valence-corrected chi connectivity index (χ2v) is 4.05. The van der Waals surface area contributed by atoms with Crippen LogP contribution in [0.1, 0.15) is 43.9 Å². The fourth-order valence-corrected chi connectivity index (χ4v) is 1.91. The molecule has 12 heavy (non-hydrogen) atoms. The number of unbranched alkanes of at least 4 members (excludes halogenated alkanes) is 4. The molecule has 0 fully saturated rings. The van der Waals surface area contributed by atoms with Crippen molar-refractivity contribution in [3.8, 4) is 0 Å². The highest BCUT2D eigenvalue weighted by molar-refractivity contribution is 7.10. The Morgan fingerprint density at radius 3 is 2.92 bits per heavy atom. The van der Waals surface area contributed by atoms with E-state index in [9.17, 15) is 0 Å². The molecule has 0 atom stereocenters. The van der Waals surface area contributed by atoms with Crippen LogP contribution in [-0.2, 0) is 0 Å². The summed E-state index contributed by atoms with van der Waals surface area (Å²) in [4.78, 5) is 1.42. The van der Waals surface area contributed by atoms with Gasteiger partial charge in [-0.25, -0.2) is 0 Å². The van der Waals surface area contributed by atoms with Gasteiger partial charge in [-0.2, -0.15) is 0 Å². The monoisotopic (exact) mass is 181 g/mol. The fraction of sp³-hybridized carbons (Fsp3) is 0.545. The molecule has 1 aromatic heterocycles. The molecule has 0 bridgehead atoms. The Balaban J connectivity index is 1.96. The van der Waals surface area contributed by atoms with Gasteiger partial charge in [-0.1, -0.05) is 38.7 Å². The van der Waals surface area contributed by atoms with Crippen LogP contribution in [0.2, 0.25) is 0 Å². The van der Waals surface area contributed by atoms with E-state index in [1.165, 1.54) is 37.0 Å². The van der Waals surface area contributed by atoms with Crippen molar-refractivity contribution in [2.24, 2.45) is 0 Å². The van der Waals surface area contributed by atoms with Gasteiger partial charge in [-0.15, -0.1) is 11.3 Å². The summed E-state index contributed by atoms with van der Waals surface area (Å²) in [7, 11) is 0. The number of hydrogen-bond acceptors (Lipinski definition) is 1. The quantitative estimate of drug-likeness (QED) is 0.575. The van der Waals surface area contributed by atoms with Gasteiger partial charge in [0.25, 0.3) is 0 Å². The molecule has 0 saturated heterocycles. The van der Waals surface area contributed by atoms with Gasteiger partial charge in [0.15, 0.2) is 0 Å². The fourth-order valence-electron chi connectivity index (χ4n) is 1.22. The normalized spacial score (nSPS) is 10.4. The molecule has 0 nitrogen and oxygen atoms in total. The Hall–Kier alpha value is -0.300. The maximum absolute atomic E-state index is 2.35. The topological polar surface area (TPSA) is 0 Å². The molecule has 0 saturated carbocycles. The van der Waals surface area contributed by atoms with Gasteiger partial charge >= 0.3 is 0 Å². The first-order valence-corrected chi connectivity index (χ1v) is 5.68. The summed E-state index contributed by atoms with van der Waals surface area (Å²) in [5.74, 6) is 0. The lowest BCUT2D eigenvalue weighted by Gasteiger charge is -1.97. The molecule has 0 aliphatic heterocycles. The lowest BCUT2D eigenvalue weighted by atomic mass is 10.1. The van der Waals surface area contributed by atoms with E-state index < -0.39 is 0 Å². The van der Waals surface area contributed by atoms with Crippen molar-refractivity contribution in [2.45, 2.75) is 39.0 Å². The van der Waals surface area contributed by atoms with E-state index in [-0.39, 0.29) is 0 Å². The smallest absolute Gasteiger partial charge is 0.00825 e. The van der Waals surface area contributed by atoms with Crippen molar-refractivity contribution in [2.75, 3.05) is 0 Å². The van der Waals surface area contributed by atoms with Crippen LogP contribution in [0.15, 0.2) is 17.5 Å². The molecule has 0 aliphatic carbocycles. The maximum atomic E-state index is 2.35. The Kier molecular flexibility index (Phi) is 5.09. The van der Waals surface area contributed by atoms with E-state index in [2.05, 4.69) is 30.9 Å². The van der Waals surface area contributed by atoms with E-state index in [0.717, 1.165) is 0 Å². The molecule has 0 aromatic carbocycles. The Bertz CT molecular complexity index is 177. The summed E-state index contributed by atoms with van der Waals surface area (Å²) >= 11 is 1.83. The molecule has 1 heterocycles. The van der Waals surface area contributed by atoms with Crippen molar-refractivity contribution in [1.29, 1.82) is 0 Å². The van der Waals surface area contributed by atoms with E-state index in [4.69, 9.17) is 0 Å². The Labute approximate surface area is 79.6 Å². The van der Waals surface area contributed by atoms with Crippen molar-refractivity contribution >= 4 is 11.3 Å². The zero-order valence-electron chi connectivity index (χ0n) is 7.75. The van der Waals surface area contributed by atoms with Gasteiger partial charge in [0.05, 0.1) is 0 Å². The Morgan fingerprint density at radius 2 is 2.25 bits per heavy atom. The predicted molar refractivity (Wildman–Crippen MR) is 56.5 cm³/mol. The minimum Gasteiger partial charge on any atom is -0.149 e. The van der Waals surface area contributed by atoms with Gasteiger partial charge in [0, 0.05) is 11.3 Å². The van der Waals surface area contributed by atoms with Crippen molar-refractivity contribution < 1.29 is 0 Å². The average molecular weight is 181 g/mol. The first-order valence-electron chi connectivity index (χ1n) is 4.80. The highest BCUT2D eigenvalue weighted by atomic mass is 32.1. The maximum Gasteiger partial charge on any atom is 0.00825 e. The van der Waals surface area contributed by atoms with E-state index >= 15 is 0 Å². The molecular weight excluding hydrogens is 164 g/mol. The lowest BCUT2D eigenvalue weighted by molar-refractivity contribution is 0.666. The van der Waals surface area contributed by atoms with E-state index in [1.807, 2.05) is 11.3 Å². The zero-order valence-corrected chi connectivity index (χ0v) is 8.57. The summed E-state index contributed by atoms with van der Waals surface area (Å²) in [5, 5.41) is 2.14. The first kappa shape index (κ1) is 9.79. The number of thiophene rings is 1. The summed E-state index contributed by atoms with van der Waals surface area (Å²) in [6.45, 7) is 2.25. The van der Waals surface area contributed by atoms with Gasteiger partial charge < -0.3 is 0 Å². The van der Waals surface area contributed by atoms with Crippen LogP contribution in [0.25, 0.3) is 0 Å². The summed E-state index contributed by atoms with van der Waals surface area (Å²) in [6, 6.07) is 4.30. The Morgan fingerprint density at radius 1 is 1.33 bits per heavy atom. The summed E-state index contributed by atoms with van der Waals surface area (Å²) < 4.78 is 0.